The summed E-state index contributed by atoms with van der Waals surface area (Å²) in [6, 6.07) is 0. The van der Waals surface area contributed by atoms with Gasteiger partial charge in [0.25, 0.3) is 0 Å². The number of alkyl halides is 1. The lowest BCUT2D eigenvalue weighted by molar-refractivity contribution is -0.111. The van der Waals surface area contributed by atoms with E-state index >= 15 is 0 Å². The van der Waals surface area contributed by atoms with Gasteiger partial charge in [0, 0.05) is 5.92 Å². The maximum atomic E-state index is 13.6. The minimum atomic E-state index is -0.525. The van der Waals surface area contributed by atoms with Crippen LogP contribution in [0.25, 0.3) is 0 Å². The summed E-state index contributed by atoms with van der Waals surface area (Å²) in [5.41, 5.74) is 0. The standard InChI is InChI=1S/C13H24FN.2C6H12O.C3H8.C2H6/c1-10-3-4-12(9-13(10)14)11-5-7-15(2)8-6-11;1-5(2)6(3)4-7;1-3-4-5-6(2)7;1-3-2;1-2/h10-13H,3-9H2,1-2H3;4-6H,1-3H3;3,6-7H,1,4-5H2,2H3;3H2,1-2H3;1-2H3. The predicted octanol–water partition coefficient (Wildman–Crippen LogP) is 8.36. The number of rotatable bonds is 6. The molecule has 1 aliphatic heterocycles. The van der Waals surface area contributed by atoms with Gasteiger partial charge in [-0.25, -0.2) is 4.39 Å². The van der Waals surface area contributed by atoms with Crippen molar-refractivity contribution in [3.63, 3.8) is 0 Å². The van der Waals surface area contributed by atoms with E-state index in [-0.39, 0.29) is 12.0 Å². The van der Waals surface area contributed by atoms with Crippen molar-refractivity contribution in [2.75, 3.05) is 20.1 Å². The van der Waals surface area contributed by atoms with Crippen LogP contribution in [-0.4, -0.2) is 48.7 Å². The van der Waals surface area contributed by atoms with E-state index < -0.39 is 6.17 Å². The molecule has 4 heteroatoms. The van der Waals surface area contributed by atoms with Crippen molar-refractivity contribution in [3.8, 4) is 0 Å². The number of carbonyl (C=O) groups is 1. The van der Waals surface area contributed by atoms with Crippen LogP contribution in [0.4, 0.5) is 4.39 Å². The number of carbonyl (C=O) groups excluding carboxylic acids is 1. The van der Waals surface area contributed by atoms with Gasteiger partial charge in [-0.2, -0.15) is 0 Å². The zero-order chi connectivity index (χ0) is 27.1. The van der Waals surface area contributed by atoms with Crippen LogP contribution in [0.15, 0.2) is 12.7 Å². The second kappa shape index (κ2) is 25.4. The summed E-state index contributed by atoms with van der Waals surface area (Å²) in [7, 11) is 2.19. The Morgan fingerprint density at radius 1 is 1.03 bits per heavy atom. The fourth-order valence-electron chi connectivity index (χ4n) is 3.74. The van der Waals surface area contributed by atoms with E-state index in [1.165, 1.54) is 38.8 Å². The van der Waals surface area contributed by atoms with Gasteiger partial charge in [0.1, 0.15) is 12.5 Å². The van der Waals surface area contributed by atoms with Crippen LogP contribution < -0.4 is 0 Å². The molecule has 1 saturated heterocycles. The van der Waals surface area contributed by atoms with E-state index in [1.807, 2.05) is 40.7 Å². The lowest BCUT2D eigenvalue weighted by Gasteiger charge is -2.38. The first-order valence-electron chi connectivity index (χ1n) is 14.1. The molecule has 1 aliphatic carbocycles. The average molecular weight is 488 g/mol. The Kier molecular flexibility index (Phi) is 28.2. The largest absolute Gasteiger partial charge is 0.393 e. The summed E-state index contributed by atoms with van der Waals surface area (Å²) >= 11 is 0. The van der Waals surface area contributed by atoms with E-state index in [1.54, 1.807) is 6.92 Å². The molecule has 0 radical (unpaired) electrons. The van der Waals surface area contributed by atoms with Gasteiger partial charge < -0.3 is 14.8 Å². The van der Waals surface area contributed by atoms with Gasteiger partial charge in [-0.1, -0.05) is 67.9 Å². The van der Waals surface area contributed by atoms with Crippen LogP contribution in [0.5, 0.6) is 0 Å². The fourth-order valence-corrected chi connectivity index (χ4v) is 3.74. The lowest BCUT2D eigenvalue weighted by Crippen LogP contribution is -2.36. The number of likely N-dealkylation sites (tertiary alicyclic amines) is 1. The monoisotopic (exact) mass is 487 g/mol. The SMILES string of the molecule is C=CCCC(C)O.CC.CC(C)C(C)C=O.CC1CCC(C2CCN(C)CC2)CC1F.CCC. The van der Waals surface area contributed by atoms with Gasteiger partial charge in [-0.3, -0.25) is 0 Å². The number of halogens is 1. The number of hydrogen-bond acceptors (Lipinski definition) is 3. The Balaban J connectivity index is -0.000000429. The van der Waals surface area contributed by atoms with Crippen LogP contribution >= 0.6 is 0 Å². The van der Waals surface area contributed by atoms with Crippen LogP contribution in [0.3, 0.4) is 0 Å². The van der Waals surface area contributed by atoms with E-state index in [4.69, 9.17) is 5.11 Å². The third-order valence-electron chi connectivity index (χ3n) is 6.62. The molecule has 0 bridgehead atoms. The van der Waals surface area contributed by atoms with Crippen LogP contribution in [-0.2, 0) is 4.79 Å². The van der Waals surface area contributed by atoms with E-state index in [9.17, 15) is 9.18 Å². The number of aliphatic hydroxyl groups excluding tert-OH is 1. The number of piperidine rings is 1. The maximum absolute atomic E-state index is 13.6. The van der Waals surface area contributed by atoms with Gasteiger partial charge in [-0.05, 0) is 95.7 Å². The van der Waals surface area contributed by atoms with Crippen molar-refractivity contribution in [2.45, 2.75) is 126 Å². The molecule has 5 unspecified atom stereocenters. The molecule has 2 fully saturated rings. The molecule has 2 rings (SSSR count). The Hall–Kier alpha value is -0.740. The minimum Gasteiger partial charge on any atom is -0.393 e. The third kappa shape index (κ3) is 21.8. The zero-order valence-electron chi connectivity index (χ0n) is 24.7. The molecule has 34 heavy (non-hydrogen) atoms. The van der Waals surface area contributed by atoms with Crippen molar-refractivity contribution < 1.29 is 14.3 Å². The topological polar surface area (TPSA) is 40.5 Å². The summed E-state index contributed by atoms with van der Waals surface area (Å²) in [5.74, 6) is 2.53. The van der Waals surface area contributed by atoms with E-state index in [2.05, 4.69) is 39.3 Å². The molecule has 206 valence electrons. The highest BCUT2D eigenvalue weighted by Gasteiger charge is 2.33. The minimum absolute atomic E-state index is 0.169. The van der Waals surface area contributed by atoms with Crippen LogP contribution in [0.1, 0.15) is 114 Å². The van der Waals surface area contributed by atoms with Crippen molar-refractivity contribution >= 4 is 6.29 Å². The summed E-state index contributed by atoms with van der Waals surface area (Å²) in [5, 5.41) is 8.64. The number of aldehydes is 1. The Labute approximate surface area is 214 Å². The molecular formula is C30H62FNO2. The van der Waals surface area contributed by atoms with Crippen molar-refractivity contribution in [1.29, 1.82) is 0 Å². The zero-order valence-corrected chi connectivity index (χ0v) is 24.7. The second-order valence-corrected chi connectivity index (χ2v) is 10.4. The van der Waals surface area contributed by atoms with E-state index in [0.29, 0.717) is 17.8 Å². The van der Waals surface area contributed by atoms with Crippen molar-refractivity contribution in [2.24, 2.45) is 29.6 Å². The average Bonchev–Trinajstić information content (AvgIpc) is 2.82. The lowest BCUT2D eigenvalue weighted by atomic mass is 9.72. The third-order valence-corrected chi connectivity index (χ3v) is 6.62. The maximum Gasteiger partial charge on any atom is 0.123 e. The molecule has 5 atom stereocenters. The van der Waals surface area contributed by atoms with Gasteiger partial charge >= 0.3 is 0 Å². The van der Waals surface area contributed by atoms with Gasteiger partial charge in [0.15, 0.2) is 0 Å². The summed E-state index contributed by atoms with van der Waals surface area (Å²) in [6.45, 7) is 24.1. The molecule has 1 heterocycles. The fraction of sp³-hybridized carbons (Fsp3) is 0.900. The highest BCUT2D eigenvalue weighted by atomic mass is 19.1. The number of nitrogens with zero attached hydrogens (tertiary/aromatic N) is 1. The highest BCUT2D eigenvalue weighted by molar-refractivity contribution is 5.52. The Bertz CT molecular complexity index is 434. The first-order valence-corrected chi connectivity index (χ1v) is 14.1. The molecule has 3 nitrogen and oxygen atoms in total. The van der Waals surface area contributed by atoms with Gasteiger partial charge in [0.05, 0.1) is 6.10 Å². The molecule has 2 aliphatic rings. The van der Waals surface area contributed by atoms with Crippen molar-refractivity contribution in [3.05, 3.63) is 12.7 Å². The van der Waals surface area contributed by atoms with Crippen LogP contribution in [0, 0.1) is 29.6 Å². The first-order chi connectivity index (χ1) is 16.0. The Morgan fingerprint density at radius 2 is 1.53 bits per heavy atom. The second-order valence-electron chi connectivity index (χ2n) is 10.4. The molecule has 0 amide bonds. The van der Waals surface area contributed by atoms with E-state index in [0.717, 1.165) is 37.9 Å². The Morgan fingerprint density at radius 3 is 1.82 bits per heavy atom. The molecule has 0 aromatic carbocycles. The van der Waals surface area contributed by atoms with Gasteiger partial charge in [0.2, 0.25) is 0 Å². The number of allylic oxidation sites excluding steroid dienone is 1. The molecule has 0 aromatic heterocycles. The summed E-state index contributed by atoms with van der Waals surface area (Å²) in [6.07, 6.45) is 10.9. The first kappa shape index (κ1) is 37.8. The molecule has 0 spiro atoms. The highest BCUT2D eigenvalue weighted by Crippen LogP contribution is 2.38. The molecule has 0 aromatic rings. The van der Waals surface area contributed by atoms with Gasteiger partial charge in [-0.15, -0.1) is 6.58 Å². The molecule has 1 N–H and O–H groups in total. The quantitative estimate of drug-likeness (QED) is 0.302. The smallest absolute Gasteiger partial charge is 0.123 e. The molecular weight excluding hydrogens is 425 g/mol. The number of aliphatic hydroxyl groups is 1. The van der Waals surface area contributed by atoms with Crippen molar-refractivity contribution in [1.82, 2.24) is 4.90 Å². The number of hydrogen-bond donors (Lipinski definition) is 1. The van der Waals surface area contributed by atoms with Crippen LogP contribution in [0.2, 0.25) is 0 Å². The predicted molar refractivity (Wildman–Crippen MR) is 150 cm³/mol. The molecule has 1 saturated carbocycles. The summed E-state index contributed by atoms with van der Waals surface area (Å²) in [4.78, 5) is 12.3. The normalized spacial score (nSPS) is 24.3. The summed E-state index contributed by atoms with van der Waals surface area (Å²) < 4.78 is 13.6.